The number of anilines is 2. The summed E-state index contributed by atoms with van der Waals surface area (Å²) >= 11 is 13.6. The molecule has 2 heterocycles. The van der Waals surface area contributed by atoms with E-state index in [9.17, 15) is 14.4 Å². The van der Waals surface area contributed by atoms with Crippen molar-refractivity contribution in [1.29, 1.82) is 0 Å². The molecule has 2 aromatic rings. The fourth-order valence-electron chi connectivity index (χ4n) is 3.66. The maximum Gasteiger partial charge on any atom is 0.324 e. The average Bonchev–Trinajstić information content (AvgIpc) is 3.17. The summed E-state index contributed by atoms with van der Waals surface area (Å²) in [7, 11) is 1.54. The largest absolute Gasteiger partial charge is 0.359 e. The fourth-order valence-corrected chi connectivity index (χ4v) is 5.11. The highest BCUT2D eigenvalue weighted by Gasteiger charge is 2.29. The Hall–Kier alpha value is -2.37. The van der Waals surface area contributed by atoms with Crippen LogP contribution in [0.5, 0.6) is 0 Å². The Morgan fingerprint density at radius 2 is 1.89 bits per heavy atom. The number of hydrogen-bond donors (Lipinski definition) is 2. The highest BCUT2D eigenvalue weighted by molar-refractivity contribution is 7.16. The summed E-state index contributed by atoms with van der Waals surface area (Å²) in [5.74, 6) is -0.277. The normalized spacial score (nSPS) is 14.5. The molecular formula is C25H32Cl2N4O5S. The molecule has 1 aromatic carbocycles. The molecule has 3 rings (SSSR count). The van der Waals surface area contributed by atoms with E-state index < -0.39 is 6.03 Å². The van der Waals surface area contributed by atoms with Crippen LogP contribution in [0.15, 0.2) is 24.3 Å². The van der Waals surface area contributed by atoms with Crippen molar-refractivity contribution in [3.8, 4) is 0 Å². The Labute approximate surface area is 231 Å². The third-order valence-corrected chi connectivity index (χ3v) is 8.01. The maximum absolute atomic E-state index is 13.6. The van der Waals surface area contributed by atoms with Crippen molar-refractivity contribution >= 4 is 63.1 Å². The summed E-state index contributed by atoms with van der Waals surface area (Å²) < 4.78 is 10.2. The van der Waals surface area contributed by atoms with Gasteiger partial charge in [0.2, 0.25) is 5.91 Å². The quantitative estimate of drug-likeness (QED) is 0.331. The van der Waals surface area contributed by atoms with Gasteiger partial charge in [-0.25, -0.2) is 4.79 Å². The maximum atomic E-state index is 13.6. The van der Waals surface area contributed by atoms with Crippen LogP contribution in [0.3, 0.4) is 0 Å². The fraction of sp³-hybridized carbons (Fsp3) is 0.480. The molecule has 37 heavy (non-hydrogen) atoms. The van der Waals surface area contributed by atoms with Crippen molar-refractivity contribution in [1.82, 2.24) is 9.80 Å². The molecular weight excluding hydrogens is 539 g/mol. The lowest BCUT2D eigenvalue weighted by molar-refractivity contribution is -0.131. The lowest BCUT2D eigenvalue weighted by Crippen LogP contribution is -2.37. The number of carbonyl (C=O) groups is 3. The van der Waals surface area contributed by atoms with E-state index in [0.29, 0.717) is 47.5 Å². The number of urea groups is 1. The second kappa shape index (κ2) is 12.9. The number of carbonyl (C=O) groups excluding carboxylic acids is 3. The standard InChI is InChI=1S/C25H32Cl2N4O5S/c1-25(2,3)19-14-16(22(37-19)29-24(34)28-18-7-5-6-17(26)21(18)27)23(33)31-9-8-20(32)30(10-11-31)12-13-36-15-35-4/h5-7,14H,8-13,15H2,1-4H3,(H2,28,29,34). The van der Waals surface area contributed by atoms with E-state index in [0.717, 1.165) is 4.88 Å². The van der Waals surface area contributed by atoms with Gasteiger partial charge in [0.15, 0.2) is 0 Å². The summed E-state index contributed by atoms with van der Waals surface area (Å²) in [6.45, 7) is 8.12. The third-order valence-electron chi connectivity index (χ3n) is 5.71. The van der Waals surface area contributed by atoms with Crippen molar-refractivity contribution in [2.45, 2.75) is 32.6 Å². The van der Waals surface area contributed by atoms with Crippen molar-refractivity contribution in [2.24, 2.45) is 0 Å². The number of benzene rings is 1. The van der Waals surface area contributed by atoms with Crippen LogP contribution in [0, 0.1) is 0 Å². The minimum Gasteiger partial charge on any atom is -0.359 e. The SMILES string of the molecule is COCOCCN1CCN(C(=O)c2cc(C(C)(C)C)sc2NC(=O)Nc2cccc(Cl)c2Cl)CCC1=O. The van der Waals surface area contributed by atoms with Gasteiger partial charge < -0.3 is 24.6 Å². The Bertz CT molecular complexity index is 1130. The number of hydrogen-bond acceptors (Lipinski definition) is 6. The van der Waals surface area contributed by atoms with Crippen molar-refractivity contribution in [3.63, 3.8) is 0 Å². The molecule has 1 saturated heterocycles. The zero-order valence-corrected chi connectivity index (χ0v) is 23.7. The Morgan fingerprint density at radius 3 is 2.59 bits per heavy atom. The number of rotatable bonds is 8. The predicted octanol–water partition coefficient (Wildman–Crippen LogP) is 5.29. The molecule has 202 valence electrons. The first-order chi connectivity index (χ1) is 17.5. The van der Waals surface area contributed by atoms with E-state index in [-0.39, 0.29) is 42.0 Å². The molecule has 1 aliphatic heterocycles. The molecule has 0 bridgehead atoms. The Balaban J connectivity index is 1.76. The van der Waals surface area contributed by atoms with E-state index in [2.05, 4.69) is 10.6 Å². The summed E-state index contributed by atoms with van der Waals surface area (Å²) in [4.78, 5) is 43.3. The molecule has 0 radical (unpaired) electrons. The van der Waals surface area contributed by atoms with E-state index >= 15 is 0 Å². The van der Waals surface area contributed by atoms with Crippen LogP contribution >= 0.6 is 34.5 Å². The molecule has 0 aliphatic carbocycles. The van der Waals surface area contributed by atoms with E-state index in [1.165, 1.54) is 18.4 Å². The van der Waals surface area contributed by atoms with Gasteiger partial charge in [0.25, 0.3) is 5.91 Å². The molecule has 0 spiro atoms. The first-order valence-electron chi connectivity index (χ1n) is 11.8. The first kappa shape index (κ1) is 29.2. The number of halogens is 2. The van der Waals surface area contributed by atoms with Crippen LogP contribution in [0.2, 0.25) is 10.0 Å². The molecule has 0 atom stereocenters. The van der Waals surface area contributed by atoms with Gasteiger partial charge in [0, 0.05) is 44.6 Å². The van der Waals surface area contributed by atoms with Gasteiger partial charge >= 0.3 is 6.03 Å². The molecule has 12 heteroatoms. The molecule has 0 unspecified atom stereocenters. The molecule has 2 N–H and O–H groups in total. The van der Waals surface area contributed by atoms with E-state index in [4.69, 9.17) is 32.7 Å². The van der Waals surface area contributed by atoms with Gasteiger partial charge in [-0.1, -0.05) is 50.0 Å². The summed E-state index contributed by atoms with van der Waals surface area (Å²) in [5, 5.41) is 6.46. The highest BCUT2D eigenvalue weighted by Crippen LogP contribution is 2.37. The van der Waals surface area contributed by atoms with E-state index in [1.807, 2.05) is 26.8 Å². The highest BCUT2D eigenvalue weighted by atomic mass is 35.5. The molecule has 1 aliphatic rings. The minimum absolute atomic E-state index is 0.0341. The first-order valence-corrected chi connectivity index (χ1v) is 13.4. The monoisotopic (exact) mass is 570 g/mol. The number of nitrogens with one attached hydrogen (secondary N) is 2. The van der Waals surface area contributed by atoms with Crippen molar-refractivity contribution in [2.75, 3.05) is 57.3 Å². The number of methoxy groups -OCH3 is 1. The molecule has 9 nitrogen and oxygen atoms in total. The molecule has 1 fully saturated rings. The van der Waals surface area contributed by atoms with Crippen molar-refractivity contribution < 1.29 is 23.9 Å². The number of ether oxygens (including phenoxy) is 2. The van der Waals surface area contributed by atoms with Gasteiger partial charge in [-0.05, 0) is 23.6 Å². The zero-order valence-electron chi connectivity index (χ0n) is 21.4. The Kier molecular flexibility index (Phi) is 10.2. The van der Waals surface area contributed by atoms with Gasteiger partial charge in [-0.15, -0.1) is 11.3 Å². The van der Waals surface area contributed by atoms with Crippen LogP contribution in [0.4, 0.5) is 15.5 Å². The predicted molar refractivity (Wildman–Crippen MR) is 147 cm³/mol. The molecule has 1 aromatic heterocycles. The van der Waals surface area contributed by atoms with Gasteiger partial charge in [0.1, 0.15) is 11.8 Å². The lowest BCUT2D eigenvalue weighted by atomic mass is 9.94. The summed E-state index contributed by atoms with van der Waals surface area (Å²) in [6.07, 6.45) is 0.211. The Morgan fingerprint density at radius 1 is 1.14 bits per heavy atom. The number of nitrogens with zero attached hydrogens (tertiary/aromatic N) is 2. The summed E-state index contributed by atoms with van der Waals surface area (Å²) in [6, 6.07) is 6.20. The van der Waals surface area contributed by atoms with Gasteiger partial charge in [-0.2, -0.15) is 0 Å². The third kappa shape index (κ3) is 7.81. The second-order valence-corrected chi connectivity index (χ2v) is 11.4. The van der Waals surface area contributed by atoms with Crippen molar-refractivity contribution in [3.05, 3.63) is 44.8 Å². The smallest absolute Gasteiger partial charge is 0.324 e. The van der Waals surface area contributed by atoms with Gasteiger partial charge in [-0.3, -0.25) is 14.9 Å². The number of thiophene rings is 1. The van der Waals surface area contributed by atoms with Crippen LogP contribution < -0.4 is 10.6 Å². The average molecular weight is 572 g/mol. The number of amides is 4. The van der Waals surface area contributed by atoms with E-state index in [1.54, 1.807) is 28.0 Å². The van der Waals surface area contributed by atoms with Gasteiger partial charge in [0.05, 0.1) is 27.9 Å². The van der Waals surface area contributed by atoms with Crippen LogP contribution in [0.1, 0.15) is 42.4 Å². The topological polar surface area (TPSA) is 100 Å². The second-order valence-electron chi connectivity index (χ2n) is 9.52. The minimum atomic E-state index is -0.547. The van der Waals surface area contributed by atoms with Crippen LogP contribution in [0.25, 0.3) is 0 Å². The summed E-state index contributed by atoms with van der Waals surface area (Å²) in [5.41, 5.74) is 0.500. The molecule has 4 amide bonds. The zero-order chi connectivity index (χ0) is 27.2. The van der Waals surface area contributed by atoms with Crippen LogP contribution in [-0.4, -0.2) is 74.3 Å². The molecule has 0 saturated carbocycles. The lowest BCUT2D eigenvalue weighted by Gasteiger charge is -2.22. The van der Waals surface area contributed by atoms with Crippen LogP contribution in [-0.2, 0) is 19.7 Å².